The third kappa shape index (κ3) is 4.38. The summed E-state index contributed by atoms with van der Waals surface area (Å²) in [6.07, 6.45) is 7.55. The highest BCUT2D eigenvalue weighted by Crippen LogP contribution is 2.39. The van der Waals surface area contributed by atoms with Gasteiger partial charge in [0.05, 0.1) is 29.8 Å². The first-order valence-corrected chi connectivity index (χ1v) is 10.2. The molecule has 0 saturated carbocycles. The van der Waals surface area contributed by atoms with Crippen LogP contribution < -0.4 is 0 Å². The Bertz CT molecular complexity index is 837. The number of hydrogen-bond acceptors (Lipinski definition) is 5. The van der Waals surface area contributed by atoms with E-state index < -0.39 is 0 Å². The van der Waals surface area contributed by atoms with Crippen LogP contribution in [0.5, 0.6) is 0 Å². The quantitative estimate of drug-likeness (QED) is 0.817. The maximum Gasteiger partial charge on any atom is 0.222 e. The lowest BCUT2D eigenvalue weighted by molar-refractivity contribution is -0.140. The molecule has 0 aliphatic carbocycles. The van der Waals surface area contributed by atoms with Crippen molar-refractivity contribution in [2.75, 3.05) is 19.6 Å². The molecule has 6 heteroatoms. The minimum atomic E-state index is 0.189. The summed E-state index contributed by atoms with van der Waals surface area (Å²) in [6, 6.07) is 6.24. The van der Waals surface area contributed by atoms with Gasteiger partial charge in [0.15, 0.2) is 0 Å². The summed E-state index contributed by atoms with van der Waals surface area (Å²) in [5, 5.41) is 0. The fourth-order valence-electron chi connectivity index (χ4n) is 4.64. The molecule has 0 N–H and O–H groups in total. The molecule has 6 nitrogen and oxygen atoms in total. The zero-order valence-corrected chi connectivity index (χ0v) is 16.9. The van der Waals surface area contributed by atoms with Crippen molar-refractivity contribution in [2.24, 2.45) is 5.41 Å². The van der Waals surface area contributed by atoms with E-state index in [9.17, 15) is 4.79 Å². The second-order valence-electron chi connectivity index (χ2n) is 8.48. The van der Waals surface area contributed by atoms with Gasteiger partial charge in [0.25, 0.3) is 0 Å². The lowest BCUT2D eigenvalue weighted by Crippen LogP contribution is -2.53. The van der Waals surface area contributed by atoms with Gasteiger partial charge in [-0.1, -0.05) is 6.07 Å². The van der Waals surface area contributed by atoms with Crippen molar-refractivity contribution in [3.05, 3.63) is 53.4 Å². The van der Waals surface area contributed by atoms with E-state index in [1.54, 1.807) is 12.4 Å². The molecule has 0 unspecified atom stereocenters. The van der Waals surface area contributed by atoms with E-state index in [1.165, 1.54) is 12.8 Å². The second kappa shape index (κ2) is 7.95. The van der Waals surface area contributed by atoms with E-state index in [0.717, 1.165) is 55.4 Å². The highest BCUT2D eigenvalue weighted by atomic mass is 16.2. The average Bonchev–Trinajstić information content (AvgIpc) is 2.67. The summed E-state index contributed by atoms with van der Waals surface area (Å²) in [7, 11) is 0. The number of nitrogens with zero attached hydrogens (tertiary/aromatic N) is 5. The number of rotatable bonds is 4. The molecule has 2 aliphatic heterocycles. The van der Waals surface area contributed by atoms with Crippen LogP contribution in [-0.2, 0) is 17.9 Å². The Balaban J connectivity index is 1.44. The minimum Gasteiger partial charge on any atom is -0.336 e. The number of piperidine rings is 2. The van der Waals surface area contributed by atoms with Crippen LogP contribution in [-0.4, -0.2) is 50.3 Å². The first-order chi connectivity index (χ1) is 13.5. The summed E-state index contributed by atoms with van der Waals surface area (Å²) < 4.78 is 0. The maximum absolute atomic E-state index is 12.6. The number of amides is 1. The molecule has 1 amide bonds. The minimum absolute atomic E-state index is 0.189. The van der Waals surface area contributed by atoms with E-state index in [2.05, 4.69) is 32.0 Å². The molecule has 28 heavy (non-hydrogen) atoms. The van der Waals surface area contributed by atoms with Gasteiger partial charge in [0.2, 0.25) is 5.91 Å². The molecule has 2 aliphatic rings. The maximum atomic E-state index is 12.6. The van der Waals surface area contributed by atoms with Crippen molar-refractivity contribution in [3.8, 4) is 0 Å². The Morgan fingerprint density at radius 1 is 1.00 bits per heavy atom. The third-order valence-electron chi connectivity index (χ3n) is 6.01. The van der Waals surface area contributed by atoms with Crippen LogP contribution in [0.3, 0.4) is 0 Å². The number of hydrogen-bond donors (Lipinski definition) is 0. The van der Waals surface area contributed by atoms with Gasteiger partial charge in [-0.05, 0) is 51.8 Å². The van der Waals surface area contributed by atoms with Crippen LogP contribution in [0.1, 0.15) is 48.5 Å². The van der Waals surface area contributed by atoms with Crippen molar-refractivity contribution >= 4 is 5.91 Å². The predicted octanol–water partition coefficient (Wildman–Crippen LogP) is 2.89. The van der Waals surface area contributed by atoms with Crippen LogP contribution >= 0.6 is 0 Å². The van der Waals surface area contributed by atoms with Gasteiger partial charge in [-0.2, -0.15) is 0 Å². The summed E-state index contributed by atoms with van der Waals surface area (Å²) >= 11 is 0. The molecular formula is C22H29N5O. The van der Waals surface area contributed by atoms with Gasteiger partial charge in [0.1, 0.15) is 0 Å². The standard InChI is InChI=1S/C22H29N5O/c1-17-5-3-6-19(25-17)13-26-10-4-8-22(15-26)9-7-21(28)27(16-22)14-20-12-23-18(2)11-24-20/h3,5-6,11-12H,4,7-10,13-16H2,1-2H3/t22-/m0/s1. The van der Waals surface area contributed by atoms with E-state index in [-0.39, 0.29) is 11.3 Å². The molecule has 0 aromatic carbocycles. The normalized spacial score (nSPS) is 23.4. The van der Waals surface area contributed by atoms with Crippen LogP contribution in [0.15, 0.2) is 30.6 Å². The molecule has 2 saturated heterocycles. The largest absolute Gasteiger partial charge is 0.336 e. The van der Waals surface area contributed by atoms with Crippen molar-refractivity contribution in [1.29, 1.82) is 0 Å². The molecule has 0 bridgehead atoms. The summed E-state index contributed by atoms with van der Waals surface area (Å²) in [5.41, 5.74) is 4.16. The van der Waals surface area contributed by atoms with E-state index in [4.69, 9.17) is 0 Å². The number of carbonyl (C=O) groups excluding carboxylic acids is 1. The SMILES string of the molecule is Cc1cnc(CN2C[C@@]3(CCCN(Cc4cccc(C)n4)C3)CCC2=O)cn1. The summed E-state index contributed by atoms with van der Waals surface area (Å²) in [5.74, 6) is 0.241. The van der Waals surface area contributed by atoms with Gasteiger partial charge in [-0.15, -0.1) is 0 Å². The monoisotopic (exact) mass is 379 g/mol. The average molecular weight is 380 g/mol. The topological polar surface area (TPSA) is 62.2 Å². The Labute approximate surface area is 167 Å². The molecule has 0 radical (unpaired) electrons. The van der Waals surface area contributed by atoms with E-state index >= 15 is 0 Å². The number of aryl methyl sites for hydroxylation is 2. The van der Waals surface area contributed by atoms with Gasteiger partial charge in [-0.3, -0.25) is 24.6 Å². The van der Waals surface area contributed by atoms with Gasteiger partial charge >= 0.3 is 0 Å². The van der Waals surface area contributed by atoms with Gasteiger partial charge in [0, 0.05) is 43.4 Å². The van der Waals surface area contributed by atoms with Gasteiger partial charge < -0.3 is 4.90 Å². The van der Waals surface area contributed by atoms with Crippen molar-refractivity contribution in [3.63, 3.8) is 0 Å². The highest BCUT2D eigenvalue weighted by molar-refractivity contribution is 5.77. The molecule has 2 fully saturated rings. The second-order valence-corrected chi connectivity index (χ2v) is 8.48. The molecule has 4 heterocycles. The molecule has 1 atom stereocenters. The van der Waals surface area contributed by atoms with Crippen molar-refractivity contribution < 1.29 is 4.79 Å². The molecule has 1 spiro atoms. The first-order valence-electron chi connectivity index (χ1n) is 10.2. The van der Waals surface area contributed by atoms with Crippen LogP contribution in [0, 0.1) is 19.3 Å². The lowest BCUT2D eigenvalue weighted by Gasteiger charge is -2.48. The fraction of sp³-hybridized carbons (Fsp3) is 0.545. The number of pyridine rings is 1. The summed E-state index contributed by atoms with van der Waals surface area (Å²) in [6.45, 7) is 8.38. The van der Waals surface area contributed by atoms with Crippen molar-refractivity contribution in [1.82, 2.24) is 24.8 Å². The summed E-state index contributed by atoms with van der Waals surface area (Å²) in [4.78, 5) is 30.5. The Hall–Kier alpha value is -2.34. The third-order valence-corrected chi connectivity index (χ3v) is 6.01. The molecule has 4 rings (SSSR count). The zero-order chi connectivity index (χ0) is 19.6. The highest BCUT2D eigenvalue weighted by Gasteiger charge is 2.41. The molecule has 2 aromatic rings. The zero-order valence-electron chi connectivity index (χ0n) is 16.9. The Kier molecular flexibility index (Phi) is 5.40. The van der Waals surface area contributed by atoms with E-state index in [0.29, 0.717) is 13.0 Å². The lowest BCUT2D eigenvalue weighted by atomic mass is 9.73. The van der Waals surface area contributed by atoms with Crippen LogP contribution in [0.2, 0.25) is 0 Å². The number of likely N-dealkylation sites (tertiary alicyclic amines) is 2. The smallest absolute Gasteiger partial charge is 0.222 e. The van der Waals surface area contributed by atoms with Crippen LogP contribution in [0.25, 0.3) is 0 Å². The number of carbonyl (C=O) groups is 1. The van der Waals surface area contributed by atoms with E-state index in [1.807, 2.05) is 24.8 Å². The Morgan fingerprint density at radius 3 is 2.68 bits per heavy atom. The molecule has 148 valence electrons. The van der Waals surface area contributed by atoms with Crippen LogP contribution in [0.4, 0.5) is 0 Å². The Morgan fingerprint density at radius 2 is 1.89 bits per heavy atom. The van der Waals surface area contributed by atoms with Crippen molar-refractivity contribution in [2.45, 2.75) is 52.6 Å². The first kappa shape index (κ1) is 19.0. The molecular weight excluding hydrogens is 350 g/mol. The molecule has 2 aromatic heterocycles. The predicted molar refractivity (Wildman–Crippen MR) is 107 cm³/mol. The fourth-order valence-corrected chi connectivity index (χ4v) is 4.64. The number of aromatic nitrogens is 3. The van der Waals surface area contributed by atoms with Gasteiger partial charge in [-0.25, -0.2) is 0 Å².